The molecule has 1 atom stereocenters. The van der Waals surface area contributed by atoms with Crippen molar-refractivity contribution in [3.63, 3.8) is 0 Å². The van der Waals surface area contributed by atoms with Gasteiger partial charge in [-0.3, -0.25) is 9.59 Å². The summed E-state index contributed by atoms with van der Waals surface area (Å²) >= 11 is 0. The van der Waals surface area contributed by atoms with Crippen LogP contribution in [0.1, 0.15) is 36.8 Å². The molecule has 0 spiro atoms. The zero-order valence-electron chi connectivity index (χ0n) is 17.4. The molecular weight excluding hydrogens is 360 g/mol. The maximum Gasteiger partial charge on any atom is 0.228 e. The van der Waals surface area contributed by atoms with Gasteiger partial charge in [-0.15, -0.1) is 0 Å². The van der Waals surface area contributed by atoms with Crippen LogP contribution in [0.15, 0.2) is 48.5 Å². The topological polar surface area (TPSA) is 49.4 Å². The lowest BCUT2D eigenvalue weighted by Gasteiger charge is -2.41. The zero-order valence-corrected chi connectivity index (χ0v) is 17.4. The molecule has 1 aliphatic heterocycles. The Balaban J connectivity index is 1.54. The van der Waals surface area contributed by atoms with Gasteiger partial charge in [0.2, 0.25) is 11.8 Å². The molecule has 152 valence electrons. The van der Waals surface area contributed by atoms with E-state index in [0.29, 0.717) is 13.0 Å². The standard InChI is InChI=1S/C25H30N2O2/c1-18-4-8-20(9-5-18)21-10-6-19(7-11-21)16-25(24(29)26-2)14-3-15-27(17-25)23(28)22-12-13-22/h4-11,22H,3,12-17H2,1-2H3,(H,26,29)/t25-/m1/s1. The number of piperidine rings is 1. The molecule has 2 fully saturated rings. The normalized spacial score (nSPS) is 21.7. The lowest BCUT2D eigenvalue weighted by molar-refractivity contribution is -0.142. The molecule has 2 aromatic rings. The number of carbonyl (C=O) groups is 2. The molecule has 1 N–H and O–H groups in total. The van der Waals surface area contributed by atoms with Gasteiger partial charge < -0.3 is 10.2 Å². The van der Waals surface area contributed by atoms with Crippen molar-refractivity contribution in [1.29, 1.82) is 0 Å². The summed E-state index contributed by atoms with van der Waals surface area (Å²) in [5.41, 5.74) is 4.23. The van der Waals surface area contributed by atoms with Crippen molar-refractivity contribution in [3.05, 3.63) is 59.7 Å². The van der Waals surface area contributed by atoms with Gasteiger partial charge in [-0.05, 0) is 55.7 Å². The summed E-state index contributed by atoms with van der Waals surface area (Å²) in [6, 6.07) is 17.0. The predicted octanol–water partition coefficient (Wildman–Crippen LogP) is 3.97. The lowest BCUT2D eigenvalue weighted by Crippen LogP contribution is -2.54. The Bertz CT molecular complexity index is 884. The molecule has 2 aromatic carbocycles. The number of likely N-dealkylation sites (tertiary alicyclic amines) is 1. The number of rotatable bonds is 5. The number of hydrogen-bond acceptors (Lipinski definition) is 2. The summed E-state index contributed by atoms with van der Waals surface area (Å²) in [6.07, 6.45) is 4.37. The first-order valence-electron chi connectivity index (χ1n) is 10.7. The fourth-order valence-corrected chi connectivity index (χ4v) is 4.54. The van der Waals surface area contributed by atoms with E-state index in [1.165, 1.54) is 16.7 Å². The van der Waals surface area contributed by atoms with Crippen molar-refractivity contribution in [1.82, 2.24) is 10.2 Å². The van der Waals surface area contributed by atoms with E-state index in [1.807, 2.05) is 4.90 Å². The Morgan fingerprint density at radius 3 is 2.24 bits per heavy atom. The Labute approximate surface area is 173 Å². The van der Waals surface area contributed by atoms with Crippen LogP contribution in [-0.4, -0.2) is 36.9 Å². The van der Waals surface area contributed by atoms with Gasteiger partial charge in [-0.25, -0.2) is 0 Å². The largest absolute Gasteiger partial charge is 0.359 e. The summed E-state index contributed by atoms with van der Waals surface area (Å²) in [7, 11) is 1.70. The summed E-state index contributed by atoms with van der Waals surface area (Å²) in [5.74, 6) is 0.491. The van der Waals surface area contributed by atoms with E-state index in [-0.39, 0.29) is 17.7 Å². The summed E-state index contributed by atoms with van der Waals surface area (Å²) < 4.78 is 0. The highest BCUT2D eigenvalue weighted by Gasteiger charge is 2.45. The molecule has 0 aromatic heterocycles. The molecule has 0 bridgehead atoms. The lowest BCUT2D eigenvalue weighted by atomic mass is 9.74. The van der Waals surface area contributed by atoms with E-state index in [2.05, 4.69) is 60.8 Å². The summed E-state index contributed by atoms with van der Waals surface area (Å²) in [6.45, 7) is 3.40. The Kier molecular flexibility index (Phi) is 5.44. The molecule has 29 heavy (non-hydrogen) atoms. The van der Waals surface area contributed by atoms with Crippen LogP contribution in [0, 0.1) is 18.3 Å². The van der Waals surface area contributed by atoms with Crippen LogP contribution in [0.5, 0.6) is 0 Å². The molecule has 4 heteroatoms. The number of nitrogens with one attached hydrogen (secondary N) is 1. The van der Waals surface area contributed by atoms with E-state index in [9.17, 15) is 9.59 Å². The monoisotopic (exact) mass is 390 g/mol. The van der Waals surface area contributed by atoms with Gasteiger partial charge in [0, 0.05) is 26.1 Å². The Morgan fingerprint density at radius 1 is 1.03 bits per heavy atom. The SMILES string of the molecule is CNC(=O)[C@@]1(Cc2ccc(-c3ccc(C)cc3)cc2)CCCN(C(=O)C2CC2)C1. The molecule has 1 heterocycles. The van der Waals surface area contributed by atoms with E-state index >= 15 is 0 Å². The maximum atomic E-state index is 12.9. The second kappa shape index (κ2) is 8.02. The minimum absolute atomic E-state index is 0.0495. The van der Waals surface area contributed by atoms with Gasteiger partial charge >= 0.3 is 0 Å². The van der Waals surface area contributed by atoms with Gasteiger partial charge in [0.25, 0.3) is 0 Å². The van der Waals surface area contributed by atoms with Crippen LogP contribution < -0.4 is 5.32 Å². The van der Waals surface area contributed by atoms with Gasteiger partial charge in [-0.1, -0.05) is 54.1 Å². The molecule has 0 unspecified atom stereocenters. The van der Waals surface area contributed by atoms with Crippen molar-refractivity contribution in [3.8, 4) is 11.1 Å². The van der Waals surface area contributed by atoms with Crippen LogP contribution in [0.2, 0.25) is 0 Å². The summed E-state index contributed by atoms with van der Waals surface area (Å²) in [4.78, 5) is 27.5. The van der Waals surface area contributed by atoms with E-state index in [0.717, 1.165) is 37.8 Å². The first-order valence-corrected chi connectivity index (χ1v) is 10.7. The maximum absolute atomic E-state index is 12.9. The number of benzene rings is 2. The fourth-order valence-electron chi connectivity index (χ4n) is 4.54. The van der Waals surface area contributed by atoms with Crippen LogP contribution in [0.3, 0.4) is 0 Å². The average Bonchev–Trinajstić information content (AvgIpc) is 3.59. The Morgan fingerprint density at radius 2 is 1.66 bits per heavy atom. The first kappa shape index (κ1) is 19.7. The average molecular weight is 391 g/mol. The van der Waals surface area contributed by atoms with Crippen molar-refractivity contribution < 1.29 is 9.59 Å². The van der Waals surface area contributed by atoms with Gasteiger partial charge in [0.05, 0.1) is 5.41 Å². The van der Waals surface area contributed by atoms with Gasteiger partial charge in [-0.2, -0.15) is 0 Å². The van der Waals surface area contributed by atoms with Crippen LogP contribution in [0.25, 0.3) is 11.1 Å². The highest BCUT2D eigenvalue weighted by Crippen LogP contribution is 2.38. The van der Waals surface area contributed by atoms with E-state index in [1.54, 1.807) is 7.05 Å². The third-order valence-corrected chi connectivity index (χ3v) is 6.41. The second-order valence-corrected chi connectivity index (χ2v) is 8.74. The molecular formula is C25H30N2O2. The molecule has 1 saturated carbocycles. The molecule has 4 rings (SSSR count). The van der Waals surface area contributed by atoms with Crippen molar-refractivity contribution in [2.24, 2.45) is 11.3 Å². The molecule has 1 aliphatic carbocycles. The van der Waals surface area contributed by atoms with E-state index in [4.69, 9.17) is 0 Å². The first-order chi connectivity index (χ1) is 14.0. The minimum atomic E-state index is -0.539. The number of carbonyl (C=O) groups excluding carboxylic acids is 2. The Hall–Kier alpha value is -2.62. The van der Waals surface area contributed by atoms with Crippen LogP contribution >= 0.6 is 0 Å². The molecule has 2 aliphatic rings. The number of aryl methyl sites for hydroxylation is 1. The highest BCUT2D eigenvalue weighted by atomic mass is 16.2. The van der Waals surface area contributed by atoms with E-state index < -0.39 is 5.41 Å². The summed E-state index contributed by atoms with van der Waals surface area (Å²) in [5, 5.41) is 2.87. The van der Waals surface area contributed by atoms with Gasteiger partial charge in [0.15, 0.2) is 0 Å². The quantitative estimate of drug-likeness (QED) is 0.840. The molecule has 0 radical (unpaired) electrons. The number of hydrogen-bond donors (Lipinski definition) is 1. The molecule has 4 nitrogen and oxygen atoms in total. The van der Waals surface area contributed by atoms with Crippen molar-refractivity contribution >= 4 is 11.8 Å². The molecule has 1 saturated heterocycles. The van der Waals surface area contributed by atoms with Crippen molar-refractivity contribution in [2.45, 2.75) is 39.0 Å². The third kappa shape index (κ3) is 4.21. The fraction of sp³-hybridized carbons (Fsp3) is 0.440. The van der Waals surface area contributed by atoms with Crippen LogP contribution in [0.4, 0.5) is 0 Å². The zero-order chi connectivity index (χ0) is 20.4. The number of amides is 2. The second-order valence-electron chi connectivity index (χ2n) is 8.74. The predicted molar refractivity (Wildman–Crippen MR) is 115 cm³/mol. The van der Waals surface area contributed by atoms with Crippen molar-refractivity contribution in [2.75, 3.05) is 20.1 Å². The third-order valence-electron chi connectivity index (χ3n) is 6.41. The highest BCUT2D eigenvalue weighted by molar-refractivity contribution is 5.86. The smallest absolute Gasteiger partial charge is 0.228 e. The molecule has 2 amide bonds. The van der Waals surface area contributed by atoms with Gasteiger partial charge in [0.1, 0.15) is 0 Å². The number of nitrogens with zero attached hydrogens (tertiary/aromatic N) is 1. The minimum Gasteiger partial charge on any atom is -0.359 e. The van der Waals surface area contributed by atoms with Crippen LogP contribution in [-0.2, 0) is 16.0 Å².